The quantitative estimate of drug-likeness (QED) is 0.222. The van der Waals surface area contributed by atoms with Gasteiger partial charge in [-0.2, -0.15) is 0 Å². The Bertz CT molecular complexity index is 1360. The molecule has 8 nitrogen and oxygen atoms in total. The largest absolute Gasteiger partial charge is 0.507 e. The van der Waals surface area contributed by atoms with Gasteiger partial charge < -0.3 is 16.2 Å². The van der Waals surface area contributed by atoms with Gasteiger partial charge in [0.05, 0.1) is 5.56 Å². The monoisotopic (exact) mass is 452 g/mol. The zero-order valence-corrected chi connectivity index (χ0v) is 18.5. The number of pyridine rings is 1. The number of aromatic nitrogens is 4. The second kappa shape index (κ2) is 8.90. The number of phenolic OH excluding ortho intramolecular Hbond substituents is 1. The Labute approximate surface area is 196 Å². The number of aldehydes is 1. The van der Waals surface area contributed by atoms with E-state index < -0.39 is 0 Å². The SMILES string of the molecule is N=C(c1cc(-c2nnc(C=O)n2-c2ccc(-c3ccncc3)cc2)c(O)cc1N)C1CCCC1. The molecule has 0 saturated heterocycles. The lowest BCUT2D eigenvalue weighted by atomic mass is 9.92. The molecule has 2 aromatic heterocycles. The van der Waals surface area contributed by atoms with Crippen LogP contribution in [0.25, 0.3) is 28.2 Å². The van der Waals surface area contributed by atoms with Crippen LogP contribution in [0.1, 0.15) is 41.9 Å². The van der Waals surface area contributed by atoms with Crippen molar-refractivity contribution >= 4 is 17.7 Å². The molecule has 4 aromatic rings. The highest BCUT2D eigenvalue weighted by Gasteiger charge is 2.25. The molecule has 1 aliphatic carbocycles. The highest BCUT2D eigenvalue weighted by Crippen LogP contribution is 2.37. The third kappa shape index (κ3) is 3.83. The number of carbonyl (C=O) groups excluding carboxylic acids is 1. The number of rotatable bonds is 6. The number of aromatic hydroxyl groups is 1. The molecule has 5 rings (SSSR count). The number of hydrogen-bond donors (Lipinski definition) is 3. The van der Waals surface area contributed by atoms with Crippen LogP contribution < -0.4 is 5.73 Å². The molecule has 1 saturated carbocycles. The summed E-state index contributed by atoms with van der Waals surface area (Å²) in [5.74, 6) is 0.482. The first kappa shape index (κ1) is 21.5. The molecular weight excluding hydrogens is 428 g/mol. The fraction of sp³-hybridized carbons (Fsp3) is 0.192. The zero-order chi connectivity index (χ0) is 23.7. The summed E-state index contributed by atoms with van der Waals surface area (Å²) in [7, 11) is 0. The van der Waals surface area contributed by atoms with Crippen molar-refractivity contribution in [3.63, 3.8) is 0 Å². The molecule has 8 heteroatoms. The lowest BCUT2D eigenvalue weighted by molar-refractivity contribution is 0.111. The molecule has 0 radical (unpaired) electrons. The topological polar surface area (TPSA) is 131 Å². The molecule has 170 valence electrons. The van der Waals surface area contributed by atoms with E-state index in [1.165, 1.54) is 6.07 Å². The first-order valence-electron chi connectivity index (χ1n) is 11.2. The van der Waals surface area contributed by atoms with E-state index in [1.807, 2.05) is 36.4 Å². The molecule has 0 amide bonds. The minimum absolute atomic E-state index is 0.0834. The number of carbonyl (C=O) groups is 1. The van der Waals surface area contributed by atoms with E-state index in [4.69, 9.17) is 11.1 Å². The van der Waals surface area contributed by atoms with Crippen molar-refractivity contribution in [2.45, 2.75) is 25.7 Å². The maximum atomic E-state index is 11.8. The lowest BCUT2D eigenvalue weighted by Gasteiger charge is -2.16. The number of nitrogens with one attached hydrogen (secondary N) is 1. The molecule has 0 atom stereocenters. The van der Waals surface area contributed by atoms with Crippen LogP contribution >= 0.6 is 0 Å². The average molecular weight is 453 g/mol. The molecule has 2 aromatic carbocycles. The van der Waals surface area contributed by atoms with Crippen LogP contribution in [0.4, 0.5) is 5.69 Å². The lowest BCUT2D eigenvalue weighted by Crippen LogP contribution is -2.13. The second-order valence-corrected chi connectivity index (χ2v) is 8.47. The van der Waals surface area contributed by atoms with Crippen molar-refractivity contribution in [3.8, 4) is 34.0 Å². The first-order valence-corrected chi connectivity index (χ1v) is 11.2. The van der Waals surface area contributed by atoms with Gasteiger partial charge in [0.1, 0.15) is 5.75 Å². The predicted molar refractivity (Wildman–Crippen MR) is 130 cm³/mol. The molecule has 0 spiro atoms. The molecule has 4 N–H and O–H groups in total. The van der Waals surface area contributed by atoms with Gasteiger partial charge in [0.25, 0.3) is 0 Å². The van der Waals surface area contributed by atoms with Gasteiger partial charge >= 0.3 is 0 Å². The molecule has 2 heterocycles. The number of hydrogen-bond acceptors (Lipinski definition) is 7. The van der Waals surface area contributed by atoms with E-state index in [2.05, 4.69) is 15.2 Å². The number of nitrogen functional groups attached to an aromatic ring is 1. The van der Waals surface area contributed by atoms with Gasteiger partial charge in [-0.1, -0.05) is 25.0 Å². The molecule has 0 unspecified atom stereocenters. The van der Waals surface area contributed by atoms with Gasteiger partial charge in [-0.25, -0.2) is 0 Å². The van der Waals surface area contributed by atoms with Gasteiger partial charge in [0, 0.05) is 47.0 Å². The van der Waals surface area contributed by atoms with Crippen LogP contribution in [-0.2, 0) is 0 Å². The molecular formula is C26H24N6O2. The maximum Gasteiger partial charge on any atom is 0.201 e. The van der Waals surface area contributed by atoms with E-state index in [1.54, 1.807) is 23.0 Å². The van der Waals surface area contributed by atoms with Gasteiger partial charge in [0.2, 0.25) is 5.82 Å². The summed E-state index contributed by atoms with van der Waals surface area (Å²) in [5.41, 5.74) is 10.6. The van der Waals surface area contributed by atoms with Crippen molar-refractivity contribution in [1.82, 2.24) is 19.7 Å². The van der Waals surface area contributed by atoms with Crippen LogP contribution in [0, 0.1) is 11.3 Å². The summed E-state index contributed by atoms with van der Waals surface area (Å²) < 4.78 is 1.59. The van der Waals surface area contributed by atoms with Gasteiger partial charge in [0.15, 0.2) is 12.1 Å². The third-order valence-electron chi connectivity index (χ3n) is 6.39. The molecule has 1 aliphatic rings. The smallest absolute Gasteiger partial charge is 0.201 e. The van der Waals surface area contributed by atoms with E-state index in [9.17, 15) is 9.90 Å². The van der Waals surface area contributed by atoms with Crippen LogP contribution in [0.3, 0.4) is 0 Å². The van der Waals surface area contributed by atoms with Crippen molar-refractivity contribution < 1.29 is 9.90 Å². The van der Waals surface area contributed by atoms with Gasteiger partial charge in [-0.3, -0.25) is 14.3 Å². The maximum absolute atomic E-state index is 11.8. The Morgan fingerprint density at radius 1 is 1.03 bits per heavy atom. The Hall–Kier alpha value is -4.33. The molecule has 34 heavy (non-hydrogen) atoms. The Balaban J connectivity index is 1.59. The third-order valence-corrected chi connectivity index (χ3v) is 6.39. The van der Waals surface area contributed by atoms with Crippen LogP contribution in [0.15, 0.2) is 60.9 Å². The zero-order valence-electron chi connectivity index (χ0n) is 18.5. The Morgan fingerprint density at radius 3 is 2.38 bits per heavy atom. The van der Waals surface area contributed by atoms with E-state index in [0.717, 1.165) is 36.8 Å². The summed E-state index contributed by atoms with van der Waals surface area (Å²) in [6.07, 6.45) is 8.22. The Kier molecular flexibility index (Phi) is 5.63. The number of anilines is 1. The number of nitrogens with zero attached hydrogens (tertiary/aromatic N) is 4. The van der Waals surface area contributed by atoms with E-state index in [0.29, 0.717) is 40.3 Å². The molecule has 0 aliphatic heterocycles. The van der Waals surface area contributed by atoms with E-state index in [-0.39, 0.29) is 17.5 Å². The standard InChI is InChI=1S/C26H24N6O2/c27-22-14-23(34)21(13-20(22)25(28)18-3-1-2-4-18)26-31-30-24(15-33)32(26)19-7-5-16(6-8-19)17-9-11-29-12-10-17/h5-15,18,28,34H,1-4,27H2. The van der Waals surface area contributed by atoms with Crippen molar-refractivity contribution in [2.75, 3.05) is 5.73 Å². The van der Waals surface area contributed by atoms with E-state index >= 15 is 0 Å². The fourth-order valence-corrected chi connectivity index (χ4v) is 4.60. The normalized spacial score (nSPS) is 13.8. The van der Waals surface area contributed by atoms with Crippen LogP contribution in [0.5, 0.6) is 5.75 Å². The highest BCUT2D eigenvalue weighted by molar-refractivity contribution is 6.05. The number of benzene rings is 2. The molecule has 0 bridgehead atoms. The Morgan fingerprint density at radius 2 is 1.71 bits per heavy atom. The highest BCUT2D eigenvalue weighted by atomic mass is 16.3. The summed E-state index contributed by atoms with van der Waals surface area (Å²) in [4.78, 5) is 15.8. The van der Waals surface area contributed by atoms with Crippen molar-refractivity contribution in [2.24, 2.45) is 5.92 Å². The summed E-state index contributed by atoms with van der Waals surface area (Å²) in [5, 5.41) is 27.7. The van der Waals surface area contributed by atoms with Crippen LogP contribution in [0.2, 0.25) is 0 Å². The van der Waals surface area contributed by atoms with Crippen molar-refractivity contribution in [1.29, 1.82) is 5.41 Å². The number of nitrogens with two attached hydrogens (primary N) is 1. The number of phenols is 1. The van der Waals surface area contributed by atoms with Crippen molar-refractivity contribution in [3.05, 3.63) is 72.3 Å². The second-order valence-electron chi connectivity index (χ2n) is 8.47. The van der Waals surface area contributed by atoms with Crippen LogP contribution in [-0.4, -0.2) is 36.9 Å². The van der Waals surface area contributed by atoms with Gasteiger partial charge in [-0.05, 0) is 54.3 Å². The summed E-state index contributed by atoms with van der Waals surface area (Å²) in [6.45, 7) is 0. The summed E-state index contributed by atoms with van der Waals surface area (Å²) >= 11 is 0. The van der Waals surface area contributed by atoms with Gasteiger partial charge in [-0.15, -0.1) is 10.2 Å². The predicted octanol–water partition coefficient (Wildman–Crippen LogP) is 4.65. The molecule has 1 fully saturated rings. The fourth-order valence-electron chi connectivity index (χ4n) is 4.60. The minimum Gasteiger partial charge on any atom is -0.507 e. The first-order chi connectivity index (χ1) is 16.6. The average Bonchev–Trinajstić information content (AvgIpc) is 3.55. The minimum atomic E-state index is -0.0834. The summed E-state index contributed by atoms with van der Waals surface area (Å²) in [6, 6.07) is 14.6.